The van der Waals surface area contributed by atoms with Crippen molar-refractivity contribution < 1.29 is 24.1 Å². The molecule has 0 bridgehead atoms. The summed E-state index contributed by atoms with van der Waals surface area (Å²) in [7, 11) is -2.39. The quantitative estimate of drug-likeness (QED) is 0.331. The third kappa shape index (κ3) is 7.33. The van der Waals surface area contributed by atoms with E-state index in [1.165, 1.54) is 10.4 Å². The first-order valence-electron chi connectivity index (χ1n) is 10.4. The van der Waals surface area contributed by atoms with Crippen LogP contribution in [-0.4, -0.2) is 58.8 Å². The molecule has 0 amide bonds. The van der Waals surface area contributed by atoms with Crippen LogP contribution >= 0.6 is 0 Å². The van der Waals surface area contributed by atoms with E-state index in [2.05, 4.69) is 80.8 Å². The highest BCUT2D eigenvalue weighted by Gasteiger charge is 2.46. The third-order valence-electron chi connectivity index (χ3n) is 4.96. The van der Waals surface area contributed by atoms with Gasteiger partial charge in [0.15, 0.2) is 0 Å². The van der Waals surface area contributed by atoms with Crippen molar-refractivity contribution in [3.63, 3.8) is 0 Å². The summed E-state index contributed by atoms with van der Waals surface area (Å²) in [5.41, 5.74) is 3.68. The maximum Gasteiger partial charge on any atom is 0.329 e. The van der Waals surface area contributed by atoms with E-state index in [0.717, 1.165) is 0 Å². The van der Waals surface area contributed by atoms with Crippen LogP contribution in [0.4, 0.5) is 0 Å². The molecule has 166 valence electrons. The molecule has 0 aromatic heterocycles. The second-order valence-corrected chi connectivity index (χ2v) is 12.5. The van der Waals surface area contributed by atoms with Gasteiger partial charge in [0, 0.05) is 0 Å². The molecule has 0 spiro atoms. The van der Waals surface area contributed by atoms with Crippen LogP contribution in [0.3, 0.4) is 0 Å². The third-order valence-corrected chi connectivity index (χ3v) is 10.2. The SMILES string of the molecule is CC(C)(C)[Si](C#CCOCCOCCOCC(=O)O)(c1ccccc1)c1ccccc1. The highest BCUT2D eigenvalue weighted by atomic mass is 28.3. The van der Waals surface area contributed by atoms with Crippen molar-refractivity contribution in [1.29, 1.82) is 0 Å². The fourth-order valence-corrected chi connectivity index (χ4v) is 7.98. The number of ether oxygens (including phenoxy) is 3. The number of carboxylic acids is 1. The summed E-state index contributed by atoms with van der Waals surface area (Å²) in [6.07, 6.45) is 0. The molecule has 0 saturated carbocycles. The van der Waals surface area contributed by atoms with Crippen LogP contribution < -0.4 is 10.4 Å². The summed E-state index contributed by atoms with van der Waals surface area (Å²) in [6, 6.07) is 21.2. The van der Waals surface area contributed by atoms with Crippen LogP contribution in [0, 0.1) is 11.5 Å². The summed E-state index contributed by atoms with van der Waals surface area (Å²) < 4.78 is 15.9. The Labute approximate surface area is 186 Å². The normalized spacial score (nSPS) is 11.6. The molecular formula is C25H32O5Si. The number of hydrogen-bond acceptors (Lipinski definition) is 4. The first-order valence-corrected chi connectivity index (χ1v) is 12.4. The monoisotopic (exact) mass is 440 g/mol. The van der Waals surface area contributed by atoms with Gasteiger partial charge in [-0.25, -0.2) is 4.79 Å². The van der Waals surface area contributed by atoms with Crippen molar-refractivity contribution in [2.75, 3.05) is 39.6 Å². The molecule has 0 unspecified atom stereocenters. The number of hydrogen-bond donors (Lipinski definition) is 1. The van der Waals surface area contributed by atoms with Gasteiger partial charge in [0.1, 0.15) is 13.2 Å². The number of carboxylic acid groups (broad SMARTS) is 1. The van der Waals surface area contributed by atoms with E-state index in [9.17, 15) is 4.79 Å². The van der Waals surface area contributed by atoms with Gasteiger partial charge in [-0.05, 0) is 15.4 Å². The van der Waals surface area contributed by atoms with Gasteiger partial charge in [-0.1, -0.05) is 87.4 Å². The van der Waals surface area contributed by atoms with Gasteiger partial charge in [0.05, 0.1) is 26.4 Å². The van der Waals surface area contributed by atoms with Crippen molar-refractivity contribution in [1.82, 2.24) is 0 Å². The molecule has 2 aromatic rings. The fourth-order valence-electron chi connectivity index (χ4n) is 3.53. The molecule has 0 fully saturated rings. The van der Waals surface area contributed by atoms with Gasteiger partial charge >= 0.3 is 5.97 Å². The molecule has 0 aliphatic rings. The van der Waals surface area contributed by atoms with E-state index in [-0.39, 0.29) is 18.3 Å². The van der Waals surface area contributed by atoms with Gasteiger partial charge in [0.25, 0.3) is 0 Å². The molecule has 0 aliphatic carbocycles. The fraction of sp³-hybridized carbons (Fsp3) is 0.400. The number of aliphatic carboxylic acids is 1. The van der Waals surface area contributed by atoms with Crippen molar-refractivity contribution >= 4 is 24.4 Å². The zero-order valence-electron chi connectivity index (χ0n) is 18.6. The zero-order chi connectivity index (χ0) is 22.6. The Kier molecular flexibility index (Phi) is 9.96. The lowest BCUT2D eigenvalue weighted by Gasteiger charge is -2.39. The molecule has 2 aromatic carbocycles. The van der Waals surface area contributed by atoms with Crippen LogP contribution in [0.5, 0.6) is 0 Å². The van der Waals surface area contributed by atoms with Crippen LogP contribution in [-0.2, 0) is 19.0 Å². The maximum absolute atomic E-state index is 10.4. The molecule has 0 heterocycles. The van der Waals surface area contributed by atoms with Gasteiger partial charge in [-0.2, -0.15) is 0 Å². The Balaban J connectivity index is 2.01. The molecule has 6 heteroatoms. The van der Waals surface area contributed by atoms with E-state index in [4.69, 9.17) is 19.3 Å². The Hall–Kier alpha value is -2.43. The minimum Gasteiger partial charge on any atom is -0.480 e. The number of rotatable bonds is 11. The van der Waals surface area contributed by atoms with Crippen molar-refractivity contribution in [3.05, 3.63) is 60.7 Å². The minimum atomic E-state index is -2.39. The summed E-state index contributed by atoms with van der Waals surface area (Å²) in [5, 5.41) is 11.1. The topological polar surface area (TPSA) is 65.0 Å². The second-order valence-electron chi connectivity index (χ2n) is 8.15. The Bertz CT molecular complexity index is 811. The van der Waals surface area contributed by atoms with Crippen LogP contribution in [0.25, 0.3) is 0 Å². The predicted molar refractivity (Wildman–Crippen MR) is 125 cm³/mol. The summed E-state index contributed by atoms with van der Waals surface area (Å²) in [6.45, 7) is 8.27. The lowest BCUT2D eigenvalue weighted by molar-refractivity contribution is -0.142. The van der Waals surface area contributed by atoms with Crippen LogP contribution in [0.2, 0.25) is 5.04 Å². The van der Waals surface area contributed by atoms with E-state index >= 15 is 0 Å². The summed E-state index contributed by atoms with van der Waals surface area (Å²) in [5.74, 6) is 2.31. The van der Waals surface area contributed by atoms with Crippen molar-refractivity contribution in [2.24, 2.45) is 0 Å². The molecule has 2 rings (SSSR count). The Morgan fingerprint density at radius 3 is 1.81 bits per heavy atom. The number of carbonyl (C=O) groups is 1. The molecule has 0 radical (unpaired) electrons. The van der Waals surface area contributed by atoms with E-state index in [1.807, 2.05) is 12.1 Å². The molecule has 0 aliphatic heterocycles. The van der Waals surface area contributed by atoms with E-state index in [1.54, 1.807) is 0 Å². The number of benzene rings is 2. The van der Waals surface area contributed by atoms with Crippen molar-refractivity contribution in [3.8, 4) is 11.5 Å². The molecule has 0 atom stereocenters. The van der Waals surface area contributed by atoms with E-state index < -0.39 is 14.0 Å². The lowest BCUT2D eigenvalue weighted by atomic mass is 10.2. The Morgan fingerprint density at radius 2 is 1.32 bits per heavy atom. The second kappa shape index (κ2) is 12.4. The minimum absolute atomic E-state index is 0.0121. The molecule has 1 N–H and O–H groups in total. The smallest absolute Gasteiger partial charge is 0.329 e. The van der Waals surface area contributed by atoms with Gasteiger partial charge in [0.2, 0.25) is 8.07 Å². The maximum atomic E-state index is 10.4. The Morgan fingerprint density at radius 1 is 0.839 bits per heavy atom. The first-order chi connectivity index (χ1) is 14.9. The standard InChI is InChI=1S/C25H32O5Si/c1-25(2,3)31(22-11-6-4-7-12-22,23-13-8-5-9-14-23)20-10-15-28-16-17-29-18-19-30-21-24(26)27/h4-9,11-14H,15-19,21H2,1-3H3,(H,26,27). The van der Waals surface area contributed by atoms with Gasteiger partial charge < -0.3 is 19.3 Å². The van der Waals surface area contributed by atoms with E-state index in [0.29, 0.717) is 26.4 Å². The first kappa shape index (κ1) is 24.8. The molecule has 0 saturated heterocycles. The largest absolute Gasteiger partial charge is 0.480 e. The molecular weight excluding hydrogens is 408 g/mol. The van der Waals surface area contributed by atoms with Crippen LogP contribution in [0.15, 0.2) is 60.7 Å². The highest BCUT2D eigenvalue weighted by Crippen LogP contribution is 2.35. The van der Waals surface area contributed by atoms with Gasteiger partial charge in [-0.3, -0.25) is 0 Å². The van der Waals surface area contributed by atoms with Crippen LogP contribution in [0.1, 0.15) is 20.8 Å². The average Bonchev–Trinajstić information content (AvgIpc) is 2.75. The molecule has 5 nitrogen and oxygen atoms in total. The van der Waals surface area contributed by atoms with Gasteiger partial charge in [-0.15, -0.1) is 5.54 Å². The zero-order valence-corrected chi connectivity index (χ0v) is 19.6. The van der Waals surface area contributed by atoms with Crippen molar-refractivity contribution in [2.45, 2.75) is 25.8 Å². The lowest BCUT2D eigenvalue weighted by Crippen LogP contribution is -2.63. The highest BCUT2D eigenvalue weighted by molar-refractivity contribution is 7.10. The molecule has 31 heavy (non-hydrogen) atoms. The average molecular weight is 441 g/mol. The summed E-state index contributed by atoms with van der Waals surface area (Å²) >= 11 is 0. The summed E-state index contributed by atoms with van der Waals surface area (Å²) in [4.78, 5) is 10.4. The predicted octanol–water partition coefficient (Wildman–Crippen LogP) is 2.73.